The average Bonchev–Trinajstić information content (AvgIpc) is 3.14. The normalized spacial score (nSPS) is 11.8. The second kappa shape index (κ2) is 12.3. The van der Waals surface area contributed by atoms with Gasteiger partial charge < -0.3 is 0 Å². The Morgan fingerprint density at radius 1 is 0.970 bits per heavy atom. The van der Waals surface area contributed by atoms with E-state index in [9.17, 15) is 5.26 Å². The summed E-state index contributed by atoms with van der Waals surface area (Å²) in [5, 5.41) is 15.9. The molecule has 0 spiro atoms. The van der Waals surface area contributed by atoms with Crippen molar-refractivity contribution in [1.82, 2.24) is 9.78 Å². The topological polar surface area (TPSA) is 41.6 Å². The molecule has 3 rings (SSSR count). The van der Waals surface area contributed by atoms with Gasteiger partial charge in [0.1, 0.15) is 0 Å². The molecular formula is C28H38ClN3Sn. The predicted octanol–water partition coefficient (Wildman–Crippen LogP) is 7.97. The summed E-state index contributed by atoms with van der Waals surface area (Å²) < 4.78 is 7.98. The summed E-state index contributed by atoms with van der Waals surface area (Å²) in [7, 11) is 0. The van der Waals surface area contributed by atoms with Crippen molar-refractivity contribution in [2.24, 2.45) is 0 Å². The van der Waals surface area contributed by atoms with Crippen LogP contribution in [-0.2, 0) is 6.54 Å². The van der Waals surface area contributed by atoms with Gasteiger partial charge in [-0.15, -0.1) is 0 Å². The van der Waals surface area contributed by atoms with Gasteiger partial charge in [-0.2, -0.15) is 0 Å². The van der Waals surface area contributed by atoms with Gasteiger partial charge in [0.25, 0.3) is 0 Å². The van der Waals surface area contributed by atoms with Gasteiger partial charge in [0.05, 0.1) is 0 Å². The Bertz CT molecular complexity index is 1090. The number of hydrogen-bond acceptors (Lipinski definition) is 2. The molecule has 0 bridgehead atoms. The molecule has 176 valence electrons. The van der Waals surface area contributed by atoms with Crippen molar-refractivity contribution in [2.45, 2.75) is 86.1 Å². The predicted molar refractivity (Wildman–Crippen MR) is 144 cm³/mol. The molecule has 3 aromatic rings. The molecule has 0 N–H and O–H groups in total. The van der Waals surface area contributed by atoms with Crippen LogP contribution in [0, 0.1) is 18.3 Å². The van der Waals surface area contributed by atoms with E-state index in [1.54, 1.807) is 3.58 Å². The van der Waals surface area contributed by atoms with Crippen molar-refractivity contribution in [1.29, 1.82) is 5.26 Å². The number of nitriles is 1. The molecule has 0 atom stereocenters. The molecule has 0 unspecified atom stereocenters. The van der Waals surface area contributed by atoms with Crippen LogP contribution in [0.15, 0.2) is 36.4 Å². The first-order valence-corrected chi connectivity index (χ1v) is 20.5. The van der Waals surface area contributed by atoms with Gasteiger partial charge in [0.2, 0.25) is 0 Å². The average molecular weight is 571 g/mol. The second-order valence-electron chi connectivity index (χ2n) is 9.48. The Morgan fingerprint density at radius 2 is 1.61 bits per heavy atom. The molecule has 0 fully saturated rings. The van der Waals surface area contributed by atoms with Crippen molar-refractivity contribution in [3.63, 3.8) is 0 Å². The Kier molecular flexibility index (Phi) is 9.70. The van der Waals surface area contributed by atoms with Gasteiger partial charge in [-0.25, -0.2) is 0 Å². The van der Waals surface area contributed by atoms with Crippen molar-refractivity contribution in [3.05, 3.63) is 58.2 Å². The molecule has 0 amide bonds. The molecular weight excluding hydrogens is 532 g/mol. The third-order valence-corrected chi connectivity index (χ3v) is 23.1. The summed E-state index contributed by atoms with van der Waals surface area (Å²) >= 11 is 4.04. The summed E-state index contributed by atoms with van der Waals surface area (Å²) in [6.07, 6.45) is 7.84. The zero-order chi connectivity index (χ0) is 23.8. The van der Waals surface area contributed by atoms with E-state index in [1.165, 1.54) is 51.8 Å². The molecule has 0 saturated heterocycles. The van der Waals surface area contributed by atoms with Gasteiger partial charge in [0, 0.05) is 0 Å². The molecule has 1 aromatic heterocycles. The number of rotatable bonds is 12. The Balaban J connectivity index is 2.11. The van der Waals surface area contributed by atoms with E-state index in [4.69, 9.17) is 16.7 Å². The van der Waals surface area contributed by atoms with Crippen molar-refractivity contribution in [2.75, 3.05) is 0 Å². The maximum atomic E-state index is 9.64. The first kappa shape index (κ1) is 26.1. The second-order valence-corrected chi connectivity index (χ2v) is 23.1. The summed E-state index contributed by atoms with van der Waals surface area (Å²) in [6.45, 7) is 9.61. The summed E-state index contributed by atoms with van der Waals surface area (Å²) in [6, 6.07) is 15.3. The minimum atomic E-state index is -2.56. The number of aromatic nitrogens is 2. The van der Waals surface area contributed by atoms with E-state index in [2.05, 4.69) is 58.0 Å². The third-order valence-electron chi connectivity index (χ3n) is 7.18. The summed E-state index contributed by atoms with van der Waals surface area (Å²) in [5.41, 5.74) is 3.99. The van der Waals surface area contributed by atoms with Gasteiger partial charge in [-0.05, 0) is 0 Å². The van der Waals surface area contributed by atoms with Crippen LogP contribution >= 0.6 is 11.6 Å². The number of fused-ring (bicyclic) bond motifs is 1. The van der Waals surface area contributed by atoms with Crippen molar-refractivity contribution >= 4 is 44.5 Å². The van der Waals surface area contributed by atoms with E-state index < -0.39 is 18.4 Å². The van der Waals surface area contributed by atoms with E-state index in [0.717, 1.165) is 22.0 Å². The molecule has 3 nitrogen and oxygen atoms in total. The Morgan fingerprint density at radius 3 is 2.18 bits per heavy atom. The number of halogens is 1. The monoisotopic (exact) mass is 571 g/mol. The Labute approximate surface area is 209 Å². The van der Waals surface area contributed by atoms with E-state index in [0.29, 0.717) is 17.3 Å². The summed E-state index contributed by atoms with van der Waals surface area (Å²) in [5.74, 6) is 0. The first-order valence-electron chi connectivity index (χ1n) is 12.6. The molecule has 0 radical (unpaired) electrons. The van der Waals surface area contributed by atoms with Crippen LogP contribution in [0.2, 0.25) is 18.5 Å². The number of hydrogen-bond donors (Lipinski definition) is 0. The number of aryl methyl sites for hydroxylation is 1. The molecule has 0 saturated carbocycles. The van der Waals surface area contributed by atoms with E-state index in [-0.39, 0.29) is 0 Å². The van der Waals surface area contributed by atoms with Crippen LogP contribution in [0.4, 0.5) is 0 Å². The zero-order valence-electron chi connectivity index (χ0n) is 20.8. The fourth-order valence-corrected chi connectivity index (χ4v) is 21.3. The number of unbranched alkanes of at least 4 members (excludes halogenated alkanes) is 3. The zero-order valence-corrected chi connectivity index (χ0v) is 24.4. The molecule has 2 aromatic carbocycles. The van der Waals surface area contributed by atoms with Crippen molar-refractivity contribution in [3.8, 4) is 6.07 Å². The van der Waals surface area contributed by atoms with Crippen LogP contribution in [0.5, 0.6) is 0 Å². The molecule has 0 aliphatic heterocycles. The van der Waals surface area contributed by atoms with Crippen LogP contribution in [0.25, 0.3) is 10.9 Å². The maximum absolute atomic E-state index is 9.64. The molecule has 0 aliphatic carbocycles. The van der Waals surface area contributed by atoms with Gasteiger partial charge in [-0.3, -0.25) is 0 Å². The SMILES string of the molecule is CCC[CH2][Sn]([CH2]CCC)([CH2]CCC)[c]1ccc2c(Cl)nn(Cc3c(C)cccc3C#N)c2c1. The van der Waals surface area contributed by atoms with Gasteiger partial charge in [0.15, 0.2) is 0 Å². The Hall–Kier alpha value is -1.51. The first-order chi connectivity index (χ1) is 16.0. The van der Waals surface area contributed by atoms with E-state index in [1.807, 2.05) is 16.8 Å². The molecule has 5 heteroatoms. The molecule has 33 heavy (non-hydrogen) atoms. The van der Waals surface area contributed by atoms with Crippen LogP contribution in [0.3, 0.4) is 0 Å². The molecule has 1 heterocycles. The minimum absolute atomic E-state index is 0.556. The van der Waals surface area contributed by atoms with Gasteiger partial charge >= 0.3 is 210 Å². The molecule has 0 aliphatic rings. The number of benzene rings is 2. The van der Waals surface area contributed by atoms with Crippen LogP contribution in [0.1, 0.15) is 76.0 Å². The number of nitrogens with zero attached hydrogens (tertiary/aromatic N) is 3. The summed E-state index contributed by atoms with van der Waals surface area (Å²) in [4.78, 5) is 0. The standard InChI is InChI=1S/C16H11ClN3.3C4H9.Sn/c1-11-5-4-6-12(9-18)14(11)10-20-15-8-3-2-7-13(15)16(17)19-20;3*1-3-4-2;/h2,4-8H,10H2,1H3;3*1,3-4H2,2H3;. The van der Waals surface area contributed by atoms with Crippen LogP contribution < -0.4 is 3.58 Å². The van der Waals surface area contributed by atoms with Gasteiger partial charge in [-0.1, -0.05) is 0 Å². The fraction of sp³-hybridized carbons (Fsp3) is 0.500. The van der Waals surface area contributed by atoms with Crippen molar-refractivity contribution < 1.29 is 0 Å². The fourth-order valence-electron chi connectivity index (χ4n) is 5.10. The van der Waals surface area contributed by atoms with E-state index >= 15 is 0 Å². The van der Waals surface area contributed by atoms with Crippen LogP contribution in [-0.4, -0.2) is 28.2 Å². The third kappa shape index (κ3) is 5.95. The quantitative estimate of drug-likeness (QED) is 0.207.